The van der Waals surface area contributed by atoms with Crippen molar-refractivity contribution in [3.8, 4) is 6.07 Å². The van der Waals surface area contributed by atoms with Crippen LogP contribution < -0.4 is 10.5 Å². The lowest BCUT2D eigenvalue weighted by Crippen LogP contribution is -2.49. The lowest BCUT2D eigenvalue weighted by Gasteiger charge is -2.36. The van der Waals surface area contributed by atoms with E-state index in [1.165, 1.54) is 17.1 Å². The van der Waals surface area contributed by atoms with Crippen molar-refractivity contribution in [3.05, 3.63) is 63.3 Å². The number of piperazine rings is 1. The molecule has 1 fully saturated rings. The van der Waals surface area contributed by atoms with Crippen LogP contribution in [0.2, 0.25) is 5.02 Å². The maximum atomic E-state index is 13.2. The van der Waals surface area contributed by atoms with Crippen LogP contribution in [0.5, 0.6) is 0 Å². The second kappa shape index (κ2) is 8.13. The molecule has 4 rings (SSSR count). The summed E-state index contributed by atoms with van der Waals surface area (Å²) in [5, 5.41) is 14.9. The van der Waals surface area contributed by atoms with Gasteiger partial charge in [-0.15, -0.1) is 0 Å². The van der Waals surface area contributed by atoms with E-state index in [1.807, 2.05) is 13.0 Å². The van der Waals surface area contributed by atoms with E-state index >= 15 is 0 Å². The highest BCUT2D eigenvalue weighted by atomic mass is 35.5. The quantitative estimate of drug-likeness (QED) is 0.642. The first-order valence-corrected chi connectivity index (χ1v) is 9.99. The highest BCUT2D eigenvalue weighted by Crippen LogP contribution is 2.24. The van der Waals surface area contributed by atoms with Gasteiger partial charge in [-0.2, -0.15) is 10.4 Å². The topological polar surface area (TPSA) is 95.1 Å². The molecular formula is C21H19ClN6O2. The third kappa shape index (κ3) is 3.60. The van der Waals surface area contributed by atoms with Crippen molar-refractivity contribution >= 4 is 34.0 Å². The molecule has 30 heavy (non-hydrogen) atoms. The molecule has 0 spiro atoms. The molecule has 3 aromatic rings. The van der Waals surface area contributed by atoms with E-state index in [2.05, 4.69) is 21.1 Å². The van der Waals surface area contributed by atoms with Crippen molar-refractivity contribution in [1.82, 2.24) is 19.7 Å². The van der Waals surface area contributed by atoms with Crippen LogP contribution in [0, 0.1) is 11.3 Å². The average molecular weight is 423 g/mol. The lowest BCUT2D eigenvalue weighted by atomic mass is 10.1. The molecular weight excluding hydrogens is 404 g/mol. The zero-order chi connectivity index (χ0) is 21.3. The number of nitriles is 1. The van der Waals surface area contributed by atoms with Crippen molar-refractivity contribution < 1.29 is 4.79 Å². The molecule has 1 saturated heterocycles. The summed E-state index contributed by atoms with van der Waals surface area (Å²) in [5.74, 6) is -0.223. The minimum Gasteiger partial charge on any atom is -0.368 e. The Labute approximate surface area is 177 Å². The SMILES string of the molecule is CCn1nc(C(=O)N2CCN(c3cc(Cl)cc(C#N)c3)CC2)c2cnccc2c1=O. The van der Waals surface area contributed by atoms with Gasteiger partial charge in [0.05, 0.1) is 17.0 Å². The van der Waals surface area contributed by atoms with Gasteiger partial charge >= 0.3 is 0 Å². The molecule has 0 unspecified atom stereocenters. The molecule has 152 valence electrons. The van der Waals surface area contributed by atoms with Crippen molar-refractivity contribution in [1.29, 1.82) is 5.26 Å². The first-order chi connectivity index (χ1) is 14.5. The van der Waals surface area contributed by atoms with Gasteiger partial charge in [0.2, 0.25) is 0 Å². The molecule has 1 aliphatic heterocycles. The summed E-state index contributed by atoms with van der Waals surface area (Å²) in [6.07, 6.45) is 3.06. The zero-order valence-electron chi connectivity index (χ0n) is 16.4. The number of amides is 1. The number of carbonyl (C=O) groups excluding carboxylic acids is 1. The van der Waals surface area contributed by atoms with Crippen LogP contribution in [0.15, 0.2) is 41.5 Å². The van der Waals surface area contributed by atoms with Gasteiger partial charge in [-0.05, 0) is 31.2 Å². The third-order valence-electron chi connectivity index (χ3n) is 5.21. The molecule has 0 atom stereocenters. The number of pyridine rings is 1. The molecule has 0 bridgehead atoms. The second-order valence-corrected chi connectivity index (χ2v) is 7.42. The fourth-order valence-corrected chi connectivity index (χ4v) is 3.87. The van der Waals surface area contributed by atoms with Gasteiger partial charge in [0.1, 0.15) is 0 Å². The molecule has 0 radical (unpaired) electrons. The molecule has 2 aromatic heterocycles. The Morgan fingerprint density at radius 1 is 1.20 bits per heavy atom. The molecule has 1 aliphatic rings. The van der Waals surface area contributed by atoms with Gasteiger partial charge in [-0.25, -0.2) is 4.68 Å². The summed E-state index contributed by atoms with van der Waals surface area (Å²) in [6.45, 7) is 4.36. The minimum atomic E-state index is -0.231. The predicted molar refractivity (Wildman–Crippen MR) is 114 cm³/mol. The fraction of sp³-hybridized carbons (Fsp3) is 0.286. The van der Waals surface area contributed by atoms with Gasteiger partial charge in [-0.3, -0.25) is 14.6 Å². The minimum absolute atomic E-state index is 0.223. The van der Waals surface area contributed by atoms with Gasteiger partial charge in [0.25, 0.3) is 11.5 Å². The number of aryl methyl sites for hydroxylation is 1. The summed E-state index contributed by atoms with van der Waals surface area (Å²) in [5.41, 5.74) is 1.37. The van der Waals surface area contributed by atoms with Gasteiger partial charge in [0.15, 0.2) is 5.69 Å². The summed E-state index contributed by atoms with van der Waals surface area (Å²) in [6, 6.07) is 8.96. The molecule has 0 saturated carbocycles. The van der Waals surface area contributed by atoms with E-state index in [0.29, 0.717) is 54.1 Å². The number of carbonyl (C=O) groups is 1. The molecule has 3 heterocycles. The number of anilines is 1. The number of halogens is 1. The van der Waals surface area contributed by atoms with E-state index in [9.17, 15) is 9.59 Å². The van der Waals surface area contributed by atoms with Crippen molar-refractivity contribution in [2.75, 3.05) is 31.1 Å². The van der Waals surface area contributed by atoms with E-state index in [-0.39, 0.29) is 17.2 Å². The van der Waals surface area contributed by atoms with E-state index in [4.69, 9.17) is 16.9 Å². The Balaban J connectivity index is 1.59. The summed E-state index contributed by atoms with van der Waals surface area (Å²) < 4.78 is 1.31. The molecule has 1 amide bonds. The highest BCUT2D eigenvalue weighted by Gasteiger charge is 2.26. The first-order valence-electron chi connectivity index (χ1n) is 9.61. The zero-order valence-corrected chi connectivity index (χ0v) is 17.1. The number of nitrogens with zero attached hydrogens (tertiary/aromatic N) is 6. The Hall–Kier alpha value is -3.44. The van der Waals surface area contributed by atoms with E-state index in [0.717, 1.165) is 5.69 Å². The van der Waals surface area contributed by atoms with Crippen LogP contribution >= 0.6 is 11.6 Å². The Morgan fingerprint density at radius 3 is 2.67 bits per heavy atom. The van der Waals surface area contributed by atoms with E-state index < -0.39 is 0 Å². The van der Waals surface area contributed by atoms with Gasteiger partial charge in [0, 0.05) is 61.2 Å². The molecule has 1 aromatic carbocycles. The Bertz CT molecular complexity index is 1220. The first kappa shape index (κ1) is 19.9. The Morgan fingerprint density at radius 2 is 1.97 bits per heavy atom. The molecule has 0 N–H and O–H groups in total. The number of rotatable bonds is 3. The van der Waals surface area contributed by atoms with Crippen molar-refractivity contribution in [3.63, 3.8) is 0 Å². The predicted octanol–water partition coefficient (Wildman–Crippen LogP) is 2.30. The number of fused-ring (bicyclic) bond motifs is 1. The highest BCUT2D eigenvalue weighted by molar-refractivity contribution is 6.31. The maximum absolute atomic E-state index is 13.2. The smallest absolute Gasteiger partial charge is 0.275 e. The summed E-state index contributed by atoms with van der Waals surface area (Å²) >= 11 is 6.12. The summed E-state index contributed by atoms with van der Waals surface area (Å²) in [7, 11) is 0. The van der Waals surface area contributed by atoms with Crippen LogP contribution in [-0.2, 0) is 6.54 Å². The van der Waals surface area contributed by atoms with Crippen molar-refractivity contribution in [2.45, 2.75) is 13.5 Å². The molecule has 0 aliphatic carbocycles. The molecule has 9 heteroatoms. The van der Waals surface area contributed by atoms with Crippen LogP contribution in [0.25, 0.3) is 10.8 Å². The van der Waals surface area contributed by atoms with Gasteiger partial charge in [-0.1, -0.05) is 11.6 Å². The van der Waals surface area contributed by atoms with Crippen LogP contribution in [-0.4, -0.2) is 51.8 Å². The average Bonchev–Trinajstić information content (AvgIpc) is 2.79. The second-order valence-electron chi connectivity index (χ2n) is 6.98. The third-order valence-corrected chi connectivity index (χ3v) is 5.43. The number of aromatic nitrogens is 3. The lowest BCUT2D eigenvalue weighted by molar-refractivity contribution is 0.0740. The van der Waals surface area contributed by atoms with Gasteiger partial charge < -0.3 is 9.80 Å². The van der Waals surface area contributed by atoms with Crippen LogP contribution in [0.4, 0.5) is 5.69 Å². The van der Waals surface area contributed by atoms with E-state index in [1.54, 1.807) is 23.1 Å². The largest absolute Gasteiger partial charge is 0.368 e. The Kier molecular flexibility index (Phi) is 5.38. The number of benzene rings is 1. The van der Waals surface area contributed by atoms with Crippen LogP contribution in [0.3, 0.4) is 0 Å². The van der Waals surface area contributed by atoms with Crippen molar-refractivity contribution in [2.24, 2.45) is 0 Å². The maximum Gasteiger partial charge on any atom is 0.275 e. The monoisotopic (exact) mass is 422 g/mol. The fourth-order valence-electron chi connectivity index (χ4n) is 3.64. The normalized spacial score (nSPS) is 14.0. The van der Waals surface area contributed by atoms with Crippen LogP contribution in [0.1, 0.15) is 23.0 Å². The number of hydrogen-bond acceptors (Lipinski definition) is 6. The molecule has 8 nitrogen and oxygen atoms in total. The standard InChI is InChI=1S/C21H19ClN6O2/c1-2-28-20(29)17-3-4-24-13-18(17)19(25-28)21(30)27-7-5-26(6-8-27)16-10-14(12-23)9-15(22)11-16/h3-4,9-11,13H,2,5-8H2,1H3. The summed E-state index contributed by atoms with van der Waals surface area (Å²) in [4.78, 5) is 33.6. The number of hydrogen-bond donors (Lipinski definition) is 0.